The monoisotopic (exact) mass is 464 g/mol. The Bertz CT molecular complexity index is 1080. The maximum absolute atomic E-state index is 12.9. The van der Waals surface area contributed by atoms with E-state index in [1.807, 2.05) is 6.92 Å². The molecule has 8 nitrogen and oxygen atoms in total. The highest BCUT2D eigenvalue weighted by molar-refractivity contribution is 6.22. The molecule has 4 rings (SSSR count). The minimum atomic E-state index is -0.671. The summed E-state index contributed by atoms with van der Waals surface area (Å²) >= 11 is 0. The Kier molecular flexibility index (Phi) is 6.95. The van der Waals surface area contributed by atoms with Crippen LogP contribution in [-0.2, 0) is 19.1 Å². The van der Waals surface area contributed by atoms with Gasteiger partial charge in [0, 0.05) is 5.69 Å². The number of fused-ring (bicyclic) bond motifs is 1. The number of esters is 1. The van der Waals surface area contributed by atoms with E-state index in [1.54, 1.807) is 36.4 Å². The van der Waals surface area contributed by atoms with Crippen LogP contribution in [0.25, 0.3) is 0 Å². The van der Waals surface area contributed by atoms with Gasteiger partial charge >= 0.3 is 5.97 Å². The normalized spacial score (nSPS) is 21.7. The fourth-order valence-corrected chi connectivity index (χ4v) is 4.60. The summed E-state index contributed by atoms with van der Waals surface area (Å²) < 4.78 is 10.5. The quantitative estimate of drug-likeness (QED) is 0.494. The predicted molar refractivity (Wildman–Crippen MR) is 125 cm³/mol. The van der Waals surface area contributed by atoms with Crippen LogP contribution in [0.2, 0.25) is 0 Å². The van der Waals surface area contributed by atoms with Crippen LogP contribution in [0.5, 0.6) is 5.75 Å². The number of benzene rings is 2. The van der Waals surface area contributed by atoms with Crippen molar-refractivity contribution < 1.29 is 28.7 Å². The van der Waals surface area contributed by atoms with Gasteiger partial charge in [-0.1, -0.05) is 6.92 Å². The van der Waals surface area contributed by atoms with Crippen LogP contribution in [-0.4, -0.2) is 36.9 Å². The van der Waals surface area contributed by atoms with Gasteiger partial charge in [0.2, 0.25) is 11.8 Å². The number of hydrogen-bond acceptors (Lipinski definition) is 6. The second-order valence-corrected chi connectivity index (χ2v) is 8.77. The highest BCUT2D eigenvalue weighted by atomic mass is 16.5. The summed E-state index contributed by atoms with van der Waals surface area (Å²) in [6.07, 6.45) is 2.41. The van der Waals surface area contributed by atoms with E-state index >= 15 is 0 Å². The van der Waals surface area contributed by atoms with Crippen molar-refractivity contribution in [3.05, 3.63) is 54.1 Å². The highest BCUT2D eigenvalue weighted by Gasteiger charge is 2.49. The lowest BCUT2D eigenvalue weighted by Gasteiger charge is -2.25. The van der Waals surface area contributed by atoms with Gasteiger partial charge < -0.3 is 14.8 Å². The molecule has 1 saturated heterocycles. The Morgan fingerprint density at radius 1 is 0.971 bits per heavy atom. The third-order valence-electron chi connectivity index (χ3n) is 6.33. The number of nitrogens with one attached hydrogen (secondary N) is 1. The summed E-state index contributed by atoms with van der Waals surface area (Å²) in [6, 6.07) is 13.0. The van der Waals surface area contributed by atoms with E-state index in [2.05, 4.69) is 12.2 Å². The molecule has 178 valence electrons. The SMILES string of the molecule is CCOc1ccc(NC(=O)COC(=O)c2ccc(N3C(=O)[C@@H]4CC[C@@H](C)C[C@H]4C3=O)cc2)cc1. The van der Waals surface area contributed by atoms with Gasteiger partial charge in [0.1, 0.15) is 5.75 Å². The fraction of sp³-hybridized carbons (Fsp3) is 0.385. The van der Waals surface area contributed by atoms with Crippen molar-refractivity contribution in [2.45, 2.75) is 33.1 Å². The third-order valence-corrected chi connectivity index (χ3v) is 6.33. The van der Waals surface area contributed by atoms with Crippen LogP contribution < -0.4 is 15.0 Å². The zero-order valence-electron chi connectivity index (χ0n) is 19.3. The van der Waals surface area contributed by atoms with E-state index in [1.165, 1.54) is 17.0 Å². The maximum atomic E-state index is 12.9. The number of ether oxygens (including phenoxy) is 2. The number of rotatable bonds is 7. The topological polar surface area (TPSA) is 102 Å². The fourth-order valence-electron chi connectivity index (χ4n) is 4.60. The van der Waals surface area contributed by atoms with Gasteiger partial charge in [-0.15, -0.1) is 0 Å². The third kappa shape index (κ3) is 4.95. The highest BCUT2D eigenvalue weighted by Crippen LogP contribution is 2.42. The zero-order chi connectivity index (χ0) is 24.2. The van der Waals surface area contributed by atoms with E-state index in [-0.39, 0.29) is 29.2 Å². The van der Waals surface area contributed by atoms with E-state index in [9.17, 15) is 19.2 Å². The Morgan fingerprint density at radius 2 is 1.65 bits per heavy atom. The molecule has 1 heterocycles. The largest absolute Gasteiger partial charge is 0.494 e. The number of carbonyl (C=O) groups excluding carboxylic acids is 4. The number of hydrogen-bond donors (Lipinski definition) is 1. The molecule has 3 amide bonds. The van der Waals surface area contributed by atoms with Crippen LogP contribution in [0.3, 0.4) is 0 Å². The number of nitrogens with zero attached hydrogens (tertiary/aromatic N) is 1. The lowest BCUT2D eigenvalue weighted by atomic mass is 9.76. The van der Waals surface area contributed by atoms with Crippen molar-refractivity contribution >= 4 is 35.1 Å². The minimum Gasteiger partial charge on any atom is -0.494 e. The van der Waals surface area contributed by atoms with E-state index < -0.39 is 18.5 Å². The lowest BCUT2D eigenvalue weighted by Crippen LogP contribution is -2.30. The van der Waals surface area contributed by atoms with Crippen molar-refractivity contribution in [3.63, 3.8) is 0 Å². The molecule has 34 heavy (non-hydrogen) atoms. The van der Waals surface area contributed by atoms with Gasteiger partial charge in [-0.25, -0.2) is 4.79 Å². The summed E-state index contributed by atoms with van der Waals surface area (Å²) in [5, 5.41) is 2.65. The first-order chi connectivity index (χ1) is 16.4. The number of imide groups is 1. The molecule has 0 unspecified atom stereocenters. The Hall–Kier alpha value is -3.68. The first-order valence-corrected chi connectivity index (χ1v) is 11.5. The molecule has 0 spiro atoms. The lowest BCUT2D eigenvalue weighted by molar-refractivity contribution is -0.122. The van der Waals surface area contributed by atoms with Crippen LogP contribution >= 0.6 is 0 Å². The number of anilines is 2. The van der Waals surface area contributed by atoms with Gasteiger partial charge in [-0.3, -0.25) is 19.3 Å². The minimum absolute atomic E-state index is 0.164. The summed E-state index contributed by atoms with van der Waals surface area (Å²) in [4.78, 5) is 51.4. The van der Waals surface area contributed by atoms with Crippen LogP contribution in [0.15, 0.2) is 48.5 Å². The van der Waals surface area contributed by atoms with Gasteiger partial charge in [-0.2, -0.15) is 0 Å². The average molecular weight is 465 g/mol. The number of amides is 3. The predicted octanol–water partition coefficient (Wildman–Crippen LogP) is 3.81. The molecule has 0 radical (unpaired) electrons. The standard InChI is InChI=1S/C26H28N2O6/c1-3-33-20-11-7-18(8-12-20)27-23(29)15-34-26(32)17-5-9-19(10-6-17)28-24(30)21-13-4-16(2)14-22(21)25(28)31/h5-12,16,21-22H,3-4,13-15H2,1-2H3,(H,27,29)/t16-,21-,22-/m1/s1. The van der Waals surface area contributed by atoms with Gasteiger partial charge in [0.05, 0.1) is 29.7 Å². The Balaban J connectivity index is 1.32. The summed E-state index contributed by atoms with van der Waals surface area (Å²) in [7, 11) is 0. The molecule has 3 atom stereocenters. The zero-order valence-corrected chi connectivity index (χ0v) is 19.3. The second kappa shape index (κ2) is 10.1. The van der Waals surface area contributed by atoms with Crippen molar-refractivity contribution in [2.75, 3.05) is 23.4 Å². The summed E-state index contributed by atoms with van der Waals surface area (Å²) in [5.74, 6) is -0.847. The maximum Gasteiger partial charge on any atom is 0.338 e. The Morgan fingerprint density at radius 3 is 2.32 bits per heavy atom. The molecule has 1 aliphatic heterocycles. The first-order valence-electron chi connectivity index (χ1n) is 11.5. The van der Waals surface area contributed by atoms with Crippen molar-refractivity contribution in [2.24, 2.45) is 17.8 Å². The van der Waals surface area contributed by atoms with E-state index in [4.69, 9.17) is 9.47 Å². The van der Waals surface area contributed by atoms with Crippen molar-refractivity contribution in [1.82, 2.24) is 0 Å². The number of carbonyl (C=O) groups is 4. The molecule has 2 aliphatic rings. The molecular weight excluding hydrogens is 436 g/mol. The molecule has 2 aromatic rings. The van der Waals surface area contributed by atoms with Crippen molar-refractivity contribution in [3.8, 4) is 5.75 Å². The van der Waals surface area contributed by atoms with Gasteiger partial charge in [0.15, 0.2) is 6.61 Å². The molecule has 0 aromatic heterocycles. The summed E-state index contributed by atoms with van der Waals surface area (Å²) in [6.45, 7) is 4.09. The molecule has 1 saturated carbocycles. The van der Waals surface area contributed by atoms with E-state index in [0.29, 0.717) is 29.6 Å². The molecule has 2 fully saturated rings. The van der Waals surface area contributed by atoms with Gasteiger partial charge in [-0.05, 0) is 80.6 Å². The van der Waals surface area contributed by atoms with Crippen LogP contribution in [0, 0.1) is 17.8 Å². The molecule has 1 aliphatic carbocycles. The molecule has 2 aromatic carbocycles. The smallest absolute Gasteiger partial charge is 0.338 e. The van der Waals surface area contributed by atoms with Crippen LogP contribution in [0.4, 0.5) is 11.4 Å². The second-order valence-electron chi connectivity index (χ2n) is 8.77. The average Bonchev–Trinajstić information content (AvgIpc) is 3.08. The van der Waals surface area contributed by atoms with Gasteiger partial charge in [0.25, 0.3) is 5.91 Å². The molecule has 0 bridgehead atoms. The van der Waals surface area contributed by atoms with Crippen LogP contribution in [0.1, 0.15) is 43.5 Å². The van der Waals surface area contributed by atoms with Crippen molar-refractivity contribution in [1.29, 1.82) is 0 Å². The Labute approximate surface area is 198 Å². The van der Waals surface area contributed by atoms with E-state index in [0.717, 1.165) is 19.3 Å². The molecular formula is C26H28N2O6. The molecule has 1 N–H and O–H groups in total. The molecule has 8 heteroatoms. The summed E-state index contributed by atoms with van der Waals surface area (Å²) in [5.41, 5.74) is 1.23. The first kappa shape index (κ1) is 23.5.